The van der Waals surface area contributed by atoms with Crippen LogP contribution in [0.15, 0.2) is 45.9 Å². The van der Waals surface area contributed by atoms with Crippen LogP contribution in [0.25, 0.3) is 0 Å². The summed E-state index contributed by atoms with van der Waals surface area (Å²) in [6.45, 7) is 8.42. The molecule has 3 N–H and O–H groups in total. The minimum absolute atomic E-state index is 0.0237. The molecule has 1 heterocycles. The standard InChI is InChI=1S/C20H29N5O/c1-13-11-17(26)18(21)23-19(13)22-15-7-9-16(10-8-15)24-20(3,4)12-14(2)25(5)6/h7-11,14,24H,12H2,1-6H3,(H2,21,22,23). The van der Waals surface area contributed by atoms with Crippen molar-refractivity contribution in [1.29, 1.82) is 0 Å². The number of hydrogen-bond donors (Lipinski definition) is 2. The highest BCUT2D eigenvalue weighted by Gasteiger charge is 2.22. The number of benzene rings is 1. The van der Waals surface area contributed by atoms with Gasteiger partial charge in [-0.15, -0.1) is 0 Å². The lowest BCUT2D eigenvalue weighted by atomic mass is 9.95. The Hall–Kier alpha value is -2.47. The molecule has 2 rings (SSSR count). The lowest BCUT2D eigenvalue weighted by Crippen LogP contribution is -2.39. The molecule has 1 aliphatic heterocycles. The molecular formula is C20H29N5O. The number of rotatable bonds is 6. The third kappa shape index (κ3) is 5.26. The lowest BCUT2D eigenvalue weighted by Gasteiger charge is -2.33. The molecule has 0 saturated carbocycles. The Kier molecular flexibility index (Phi) is 5.97. The molecule has 0 bridgehead atoms. The van der Waals surface area contributed by atoms with Gasteiger partial charge in [-0.3, -0.25) is 4.79 Å². The molecule has 0 fully saturated rings. The summed E-state index contributed by atoms with van der Waals surface area (Å²) in [7, 11) is 4.19. The number of dihydropyridines is 1. The number of carbonyl (C=O) groups excluding carboxylic acids is 1. The van der Waals surface area contributed by atoms with Gasteiger partial charge in [-0.2, -0.15) is 0 Å². The van der Waals surface area contributed by atoms with Crippen LogP contribution in [-0.4, -0.2) is 48.0 Å². The molecule has 6 nitrogen and oxygen atoms in total. The SMILES string of the molecule is CC1=CC(=O)C(N)=NC1=Nc1ccc(NC(C)(C)CC(C)N(C)C)cc1. The fourth-order valence-corrected chi connectivity index (χ4v) is 2.81. The number of amidine groups is 2. The zero-order valence-electron chi connectivity index (χ0n) is 16.5. The second-order valence-electron chi connectivity index (χ2n) is 7.70. The number of ketones is 1. The summed E-state index contributed by atoms with van der Waals surface area (Å²) in [4.78, 5) is 22.3. The Labute approximate surface area is 155 Å². The summed E-state index contributed by atoms with van der Waals surface area (Å²) in [5, 5.41) is 3.58. The fourth-order valence-electron chi connectivity index (χ4n) is 2.81. The van der Waals surface area contributed by atoms with E-state index in [1.165, 1.54) is 6.08 Å². The molecule has 0 radical (unpaired) electrons. The van der Waals surface area contributed by atoms with Crippen LogP contribution in [0.5, 0.6) is 0 Å². The van der Waals surface area contributed by atoms with Crippen LogP contribution in [0, 0.1) is 0 Å². The van der Waals surface area contributed by atoms with E-state index in [0.29, 0.717) is 17.5 Å². The molecule has 1 aromatic carbocycles. The Morgan fingerprint density at radius 3 is 2.46 bits per heavy atom. The molecule has 6 heteroatoms. The normalized spacial score (nSPS) is 18.0. The molecule has 0 aliphatic carbocycles. The van der Waals surface area contributed by atoms with Crippen molar-refractivity contribution >= 4 is 28.8 Å². The van der Waals surface area contributed by atoms with E-state index in [2.05, 4.69) is 55.1 Å². The van der Waals surface area contributed by atoms with Crippen LogP contribution in [-0.2, 0) is 4.79 Å². The number of nitrogens with two attached hydrogens (primary N) is 1. The van der Waals surface area contributed by atoms with Gasteiger partial charge in [0.05, 0.1) is 5.69 Å². The van der Waals surface area contributed by atoms with Gasteiger partial charge in [0.1, 0.15) is 0 Å². The smallest absolute Gasteiger partial charge is 0.220 e. The molecule has 140 valence electrons. The van der Waals surface area contributed by atoms with Crippen LogP contribution in [0.2, 0.25) is 0 Å². The molecule has 1 aliphatic rings. The summed E-state index contributed by atoms with van der Waals surface area (Å²) in [6.07, 6.45) is 2.49. The highest BCUT2D eigenvalue weighted by Crippen LogP contribution is 2.24. The average Bonchev–Trinajstić information content (AvgIpc) is 2.53. The molecule has 0 saturated heterocycles. The van der Waals surface area contributed by atoms with Crippen molar-refractivity contribution in [2.24, 2.45) is 15.7 Å². The number of anilines is 1. The summed E-state index contributed by atoms with van der Waals surface area (Å²) < 4.78 is 0. The van der Waals surface area contributed by atoms with Crippen molar-refractivity contribution in [2.45, 2.75) is 45.7 Å². The van der Waals surface area contributed by atoms with Crippen molar-refractivity contribution in [1.82, 2.24) is 4.90 Å². The zero-order valence-corrected chi connectivity index (χ0v) is 16.5. The van der Waals surface area contributed by atoms with Gasteiger partial charge >= 0.3 is 0 Å². The van der Waals surface area contributed by atoms with Gasteiger partial charge in [0, 0.05) is 17.3 Å². The van der Waals surface area contributed by atoms with Crippen molar-refractivity contribution in [2.75, 3.05) is 19.4 Å². The molecule has 0 spiro atoms. The van der Waals surface area contributed by atoms with Crippen molar-refractivity contribution in [3.63, 3.8) is 0 Å². The summed E-state index contributed by atoms with van der Waals surface area (Å²) in [6, 6.07) is 8.34. The molecule has 26 heavy (non-hydrogen) atoms. The quantitative estimate of drug-likeness (QED) is 0.821. The third-order valence-corrected chi connectivity index (χ3v) is 4.45. The number of nitrogens with zero attached hydrogens (tertiary/aromatic N) is 3. The molecule has 1 aromatic rings. The highest BCUT2D eigenvalue weighted by molar-refractivity contribution is 6.47. The van der Waals surface area contributed by atoms with Gasteiger partial charge in [0.2, 0.25) is 5.78 Å². The number of hydrogen-bond acceptors (Lipinski definition) is 5. The van der Waals surface area contributed by atoms with Crippen LogP contribution in [0.3, 0.4) is 0 Å². The van der Waals surface area contributed by atoms with E-state index in [1.54, 1.807) is 6.92 Å². The summed E-state index contributed by atoms with van der Waals surface area (Å²) in [5.41, 5.74) is 8.09. The second-order valence-corrected chi connectivity index (χ2v) is 7.70. The largest absolute Gasteiger partial charge is 0.380 e. The van der Waals surface area contributed by atoms with Crippen LogP contribution < -0.4 is 11.1 Å². The van der Waals surface area contributed by atoms with E-state index in [1.807, 2.05) is 24.3 Å². The Morgan fingerprint density at radius 2 is 1.88 bits per heavy atom. The van der Waals surface area contributed by atoms with Gasteiger partial charge in [0.25, 0.3) is 0 Å². The highest BCUT2D eigenvalue weighted by atomic mass is 16.1. The maximum Gasteiger partial charge on any atom is 0.220 e. The Balaban J connectivity index is 2.10. The topological polar surface area (TPSA) is 83.1 Å². The molecular weight excluding hydrogens is 326 g/mol. The van der Waals surface area contributed by atoms with E-state index < -0.39 is 0 Å². The maximum atomic E-state index is 11.5. The van der Waals surface area contributed by atoms with Crippen LogP contribution >= 0.6 is 0 Å². The predicted octanol–water partition coefficient (Wildman–Crippen LogP) is 3.13. The van der Waals surface area contributed by atoms with E-state index in [0.717, 1.165) is 17.8 Å². The van der Waals surface area contributed by atoms with E-state index in [4.69, 9.17) is 5.73 Å². The monoisotopic (exact) mass is 355 g/mol. The number of carbonyl (C=O) groups is 1. The predicted molar refractivity (Wildman–Crippen MR) is 109 cm³/mol. The van der Waals surface area contributed by atoms with E-state index >= 15 is 0 Å². The van der Waals surface area contributed by atoms with E-state index in [-0.39, 0.29) is 17.2 Å². The first kappa shape index (κ1) is 19.8. The molecule has 0 amide bonds. The first-order valence-corrected chi connectivity index (χ1v) is 8.78. The third-order valence-electron chi connectivity index (χ3n) is 4.45. The van der Waals surface area contributed by atoms with Gasteiger partial charge < -0.3 is 16.0 Å². The fraction of sp³-hybridized carbons (Fsp3) is 0.450. The van der Waals surface area contributed by atoms with Crippen molar-refractivity contribution in [3.05, 3.63) is 35.9 Å². The van der Waals surface area contributed by atoms with Gasteiger partial charge in [-0.25, -0.2) is 9.98 Å². The van der Waals surface area contributed by atoms with Gasteiger partial charge in [0.15, 0.2) is 11.7 Å². The molecule has 0 aromatic heterocycles. The maximum absolute atomic E-state index is 11.5. The zero-order chi connectivity index (χ0) is 19.5. The summed E-state index contributed by atoms with van der Waals surface area (Å²) >= 11 is 0. The Bertz CT molecular complexity index is 757. The second kappa shape index (κ2) is 7.83. The van der Waals surface area contributed by atoms with E-state index in [9.17, 15) is 4.79 Å². The van der Waals surface area contributed by atoms with Gasteiger partial charge in [-0.05, 0) is 84.1 Å². The Morgan fingerprint density at radius 1 is 1.27 bits per heavy atom. The van der Waals surface area contributed by atoms with Crippen molar-refractivity contribution < 1.29 is 4.79 Å². The minimum Gasteiger partial charge on any atom is -0.380 e. The first-order valence-electron chi connectivity index (χ1n) is 8.78. The van der Waals surface area contributed by atoms with Crippen LogP contribution in [0.4, 0.5) is 11.4 Å². The first-order chi connectivity index (χ1) is 12.1. The van der Waals surface area contributed by atoms with Gasteiger partial charge in [-0.1, -0.05) is 0 Å². The minimum atomic E-state index is -0.268. The average molecular weight is 355 g/mol. The van der Waals surface area contributed by atoms with Crippen molar-refractivity contribution in [3.8, 4) is 0 Å². The summed E-state index contributed by atoms with van der Waals surface area (Å²) in [5.74, 6) is 0.183. The number of nitrogens with one attached hydrogen (secondary N) is 1. The number of aliphatic imine (C=N–C) groups is 2. The molecule has 1 atom stereocenters. The molecule has 1 unspecified atom stereocenters. The van der Waals surface area contributed by atoms with Crippen LogP contribution in [0.1, 0.15) is 34.1 Å². The lowest BCUT2D eigenvalue weighted by molar-refractivity contribution is -0.109.